The highest BCUT2D eigenvalue weighted by Gasteiger charge is 2.78. The van der Waals surface area contributed by atoms with Crippen molar-refractivity contribution in [2.24, 2.45) is 17.3 Å². The Bertz CT molecular complexity index is 407. The Hall–Kier alpha value is -0.890. The molecule has 0 N–H and O–H groups in total. The number of hydrogen-bond donors (Lipinski definition) is 0. The molecule has 0 aromatic rings. The number of rotatable bonds is 1. The summed E-state index contributed by atoms with van der Waals surface area (Å²) >= 11 is 0. The molecule has 1 saturated carbocycles. The molecule has 2 heteroatoms. The molecule has 0 aromatic carbocycles. The summed E-state index contributed by atoms with van der Waals surface area (Å²) in [6, 6.07) is 0. The molecular weight excluding hydrogens is 188 g/mol. The van der Waals surface area contributed by atoms with Gasteiger partial charge in [-0.1, -0.05) is 18.2 Å². The molecule has 0 amide bonds. The van der Waals surface area contributed by atoms with Gasteiger partial charge in [0.1, 0.15) is 11.4 Å². The summed E-state index contributed by atoms with van der Waals surface area (Å²) in [5, 5.41) is 0. The molecule has 2 fully saturated rings. The fourth-order valence-electron chi connectivity index (χ4n) is 3.34. The van der Waals surface area contributed by atoms with Crippen molar-refractivity contribution in [1.82, 2.24) is 0 Å². The van der Waals surface area contributed by atoms with Gasteiger partial charge in [0.05, 0.1) is 16.9 Å². The second kappa shape index (κ2) is 2.12. The van der Waals surface area contributed by atoms with Gasteiger partial charge in [-0.25, -0.2) is 0 Å². The van der Waals surface area contributed by atoms with Gasteiger partial charge in [0.25, 0.3) is 0 Å². The molecule has 0 bridgehead atoms. The zero-order chi connectivity index (χ0) is 11.1. The van der Waals surface area contributed by atoms with Crippen LogP contribution in [0.25, 0.3) is 0 Å². The van der Waals surface area contributed by atoms with Crippen molar-refractivity contribution < 1.29 is 9.53 Å². The number of hydrogen-bond acceptors (Lipinski definition) is 2. The lowest BCUT2D eigenvalue weighted by Crippen LogP contribution is -2.57. The zero-order valence-electron chi connectivity index (χ0n) is 9.41. The van der Waals surface area contributed by atoms with Gasteiger partial charge in [-0.2, -0.15) is 0 Å². The molecule has 1 spiro atoms. The maximum Gasteiger partial charge on any atom is 0.150 e. The monoisotopic (exact) mass is 204 g/mol. The van der Waals surface area contributed by atoms with Crippen LogP contribution in [0.15, 0.2) is 24.8 Å². The highest BCUT2D eigenvalue weighted by Crippen LogP contribution is 2.68. The second-order valence-electron chi connectivity index (χ2n) is 5.62. The van der Waals surface area contributed by atoms with Crippen molar-refractivity contribution in [2.45, 2.75) is 32.0 Å². The summed E-state index contributed by atoms with van der Waals surface area (Å²) < 4.78 is 5.75. The lowest BCUT2D eigenvalue weighted by Gasteiger charge is -2.47. The molecule has 0 radical (unpaired) electrons. The van der Waals surface area contributed by atoms with Gasteiger partial charge in [0, 0.05) is 5.92 Å². The molecule has 1 heterocycles. The predicted molar refractivity (Wildman–Crippen MR) is 57.3 cm³/mol. The number of epoxide rings is 1. The average Bonchev–Trinajstić information content (AvgIpc) is 2.59. The van der Waals surface area contributed by atoms with Gasteiger partial charge >= 0.3 is 0 Å². The molecular formula is C13H16O2. The number of carbonyl (C=O) groups is 1. The third kappa shape index (κ3) is 0.729. The van der Waals surface area contributed by atoms with Crippen molar-refractivity contribution in [2.75, 3.05) is 0 Å². The minimum absolute atomic E-state index is 0.0375. The molecule has 1 saturated heterocycles. The average molecular weight is 204 g/mol. The van der Waals surface area contributed by atoms with Gasteiger partial charge in [-0.05, 0) is 20.8 Å². The predicted octanol–water partition coefficient (Wildman–Crippen LogP) is 2.11. The largest absolute Gasteiger partial charge is 0.358 e. The van der Waals surface area contributed by atoms with E-state index in [0.717, 1.165) is 0 Å². The Balaban J connectivity index is 1.99. The van der Waals surface area contributed by atoms with E-state index in [1.54, 1.807) is 6.08 Å². The number of fused-ring (bicyclic) bond motifs is 2. The SMILES string of the molecule is C=C[C@@]1(C)C(=O)[C@H]2[C@@H]1C=CC21OC1(C)C. The summed E-state index contributed by atoms with van der Waals surface area (Å²) in [5.41, 5.74) is -0.814. The van der Waals surface area contributed by atoms with Crippen molar-refractivity contribution in [1.29, 1.82) is 0 Å². The molecule has 1 aliphatic heterocycles. The molecule has 15 heavy (non-hydrogen) atoms. The highest BCUT2D eigenvalue weighted by molar-refractivity contribution is 5.99. The van der Waals surface area contributed by atoms with E-state index < -0.39 is 0 Å². The topological polar surface area (TPSA) is 29.6 Å². The van der Waals surface area contributed by atoms with Gasteiger partial charge in [-0.15, -0.1) is 6.58 Å². The summed E-state index contributed by atoms with van der Waals surface area (Å²) in [5.74, 6) is 0.623. The number of ketones is 1. The van der Waals surface area contributed by atoms with E-state index in [0.29, 0.717) is 5.92 Å². The minimum atomic E-state index is -0.354. The first-order valence-corrected chi connectivity index (χ1v) is 5.46. The van der Waals surface area contributed by atoms with Crippen LogP contribution in [0.1, 0.15) is 20.8 Å². The molecule has 4 atom stereocenters. The van der Waals surface area contributed by atoms with E-state index in [2.05, 4.69) is 32.6 Å². The quantitative estimate of drug-likeness (QED) is 0.483. The van der Waals surface area contributed by atoms with Crippen LogP contribution in [-0.4, -0.2) is 17.0 Å². The fourth-order valence-corrected chi connectivity index (χ4v) is 3.34. The van der Waals surface area contributed by atoms with Crippen LogP contribution in [-0.2, 0) is 9.53 Å². The third-order valence-corrected chi connectivity index (χ3v) is 4.63. The molecule has 1 unspecified atom stereocenters. The van der Waals surface area contributed by atoms with Crippen molar-refractivity contribution in [3.05, 3.63) is 24.8 Å². The van der Waals surface area contributed by atoms with Gasteiger partial charge in [0.15, 0.2) is 0 Å². The third-order valence-electron chi connectivity index (χ3n) is 4.63. The first-order valence-electron chi connectivity index (χ1n) is 5.46. The van der Waals surface area contributed by atoms with Crippen molar-refractivity contribution in [3.63, 3.8) is 0 Å². The molecule has 80 valence electrons. The van der Waals surface area contributed by atoms with E-state index in [-0.39, 0.29) is 28.3 Å². The zero-order valence-corrected chi connectivity index (χ0v) is 9.41. The van der Waals surface area contributed by atoms with Crippen LogP contribution >= 0.6 is 0 Å². The summed E-state index contributed by atoms with van der Waals surface area (Å²) in [7, 11) is 0. The molecule has 3 rings (SSSR count). The van der Waals surface area contributed by atoms with E-state index >= 15 is 0 Å². The normalized spacial score (nSPS) is 53.9. The van der Waals surface area contributed by atoms with Crippen LogP contribution in [0, 0.1) is 17.3 Å². The van der Waals surface area contributed by atoms with Gasteiger partial charge in [0.2, 0.25) is 0 Å². The van der Waals surface area contributed by atoms with Crippen LogP contribution in [0.5, 0.6) is 0 Å². The Labute approximate surface area is 90.0 Å². The van der Waals surface area contributed by atoms with E-state index in [9.17, 15) is 4.79 Å². The Kier molecular flexibility index (Phi) is 1.32. The van der Waals surface area contributed by atoms with Gasteiger partial charge in [-0.3, -0.25) is 4.79 Å². The van der Waals surface area contributed by atoms with Crippen LogP contribution in [0.2, 0.25) is 0 Å². The number of Topliss-reactive ketones (excluding diaryl/α,β-unsaturated/α-hetero) is 1. The standard InChI is InChI=1S/C13H16O2/c1-5-12(4)8-6-7-13(9(8)10(12)14)11(2,3)15-13/h5-9H,1H2,2-4H3/t8-,9+,12+,13?/m0/s1. The number of allylic oxidation sites excluding steroid dienone is 2. The molecule has 3 aliphatic rings. The Morgan fingerprint density at radius 1 is 1.47 bits per heavy atom. The molecule has 2 aliphatic carbocycles. The highest BCUT2D eigenvalue weighted by atomic mass is 16.6. The van der Waals surface area contributed by atoms with Crippen LogP contribution in [0.3, 0.4) is 0 Å². The van der Waals surface area contributed by atoms with E-state index in [4.69, 9.17) is 4.74 Å². The molecule has 2 nitrogen and oxygen atoms in total. The first-order chi connectivity index (χ1) is 6.89. The second-order valence-corrected chi connectivity index (χ2v) is 5.62. The summed E-state index contributed by atoms with van der Waals surface area (Å²) in [6.07, 6.45) is 6.02. The van der Waals surface area contributed by atoms with Crippen molar-refractivity contribution >= 4 is 5.78 Å². The maximum absolute atomic E-state index is 12.1. The number of ether oxygens (including phenoxy) is 1. The van der Waals surface area contributed by atoms with Crippen LogP contribution < -0.4 is 0 Å². The van der Waals surface area contributed by atoms with E-state index in [1.807, 2.05) is 6.92 Å². The first kappa shape index (κ1) is 9.34. The minimum Gasteiger partial charge on any atom is -0.358 e. The smallest absolute Gasteiger partial charge is 0.150 e. The number of carbonyl (C=O) groups excluding carboxylic acids is 1. The van der Waals surface area contributed by atoms with E-state index in [1.165, 1.54) is 0 Å². The fraction of sp³-hybridized carbons (Fsp3) is 0.615. The Morgan fingerprint density at radius 3 is 2.53 bits per heavy atom. The summed E-state index contributed by atoms with van der Waals surface area (Å²) in [6.45, 7) is 9.85. The lowest BCUT2D eigenvalue weighted by atomic mass is 9.52. The van der Waals surface area contributed by atoms with Crippen molar-refractivity contribution in [3.8, 4) is 0 Å². The van der Waals surface area contributed by atoms with Crippen LogP contribution in [0.4, 0.5) is 0 Å². The molecule has 0 aromatic heterocycles. The lowest BCUT2D eigenvalue weighted by molar-refractivity contribution is -0.148. The Morgan fingerprint density at radius 2 is 2.07 bits per heavy atom. The summed E-state index contributed by atoms with van der Waals surface area (Å²) in [4.78, 5) is 12.1. The maximum atomic E-state index is 12.1. The van der Waals surface area contributed by atoms with Gasteiger partial charge < -0.3 is 4.74 Å².